The van der Waals surface area contributed by atoms with Crippen molar-refractivity contribution in [3.05, 3.63) is 18.2 Å². The fourth-order valence-corrected chi connectivity index (χ4v) is 3.15. The zero-order valence-corrected chi connectivity index (χ0v) is 19.5. The highest BCUT2D eigenvalue weighted by atomic mass is 16.4. The van der Waals surface area contributed by atoms with Gasteiger partial charge in [0.05, 0.1) is 12.9 Å². The van der Waals surface area contributed by atoms with Gasteiger partial charge in [0.1, 0.15) is 18.1 Å². The predicted octanol–water partition coefficient (Wildman–Crippen LogP) is -3.37. The van der Waals surface area contributed by atoms with E-state index in [9.17, 15) is 24.3 Å². The molecule has 0 aliphatic carbocycles. The molecule has 0 aliphatic rings. The highest BCUT2D eigenvalue weighted by Crippen LogP contribution is 2.06. The van der Waals surface area contributed by atoms with Crippen LogP contribution in [-0.4, -0.2) is 82.5 Å². The minimum atomic E-state index is -1.23. The van der Waals surface area contributed by atoms with Crippen LogP contribution in [0.5, 0.6) is 0 Å². The van der Waals surface area contributed by atoms with E-state index in [0.717, 1.165) is 0 Å². The summed E-state index contributed by atoms with van der Waals surface area (Å²) in [5.74, 6) is -3.21. The molecule has 0 saturated heterocycles. The number of nitrogens with one attached hydrogen (secondary N) is 4. The van der Waals surface area contributed by atoms with Crippen molar-refractivity contribution in [3.8, 4) is 0 Å². The smallest absolute Gasteiger partial charge is 0.326 e. The van der Waals surface area contributed by atoms with Crippen molar-refractivity contribution in [1.82, 2.24) is 25.9 Å². The Balaban J connectivity index is 2.92. The van der Waals surface area contributed by atoms with Crippen LogP contribution >= 0.6 is 0 Å². The Labute approximate surface area is 202 Å². The number of amides is 3. The Morgan fingerprint density at radius 3 is 2.20 bits per heavy atom. The number of unbranched alkanes of at least 4 members (excludes halogenated alkanes) is 1. The second-order valence-electron chi connectivity index (χ2n) is 7.80. The lowest BCUT2D eigenvalue weighted by Crippen LogP contribution is -2.56. The first-order valence-corrected chi connectivity index (χ1v) is 11.2. The third-order valence-electron chi connectivity index (χ3n) is 4.96. The molecule has 1 rings (SSSR count). The summed E-state index contributed by atoms with van der Waals surface area (Å²) in [6.45, 7) is 0.266. The third kappa shape index (κ3) is 11.8. The molecular weight excluding hydrogens is 460 g/mol. The van der Waals surface area contributed by atoms with Gasteiger partial charge >= 0.3 is 5.97 Å². The second-order valence-corrected chi connectivity index (χ2v) is 7.80. The van der Waals surface area contributed by atoms with Crippen LogP contribution in [-0.2, 0) is 25.6 Å². The fraction of sp³-hybridized carbons (Fsp3) is 0.600. The van der Waals surface area contributed by atoms with E-state index in [1.165, 1.54) is 12.5 Å². The molecule has 35 heavy (non-hydrogen) atoms. The molecule has 0 aromatic carbocycles. The van der Waals surface area contributed by atoms with Crippen LogP contribution in [0.15, 0.2) is 17.5 Å². The van der Waals surface area contributed by atoms with Gasteiger partial charge in [-0.05, 0) is 38.6 Å². The van der Waals surface area contributed by atoms with Gasteiger partial charge in [-0.15, -0.1) is 0 Å². The van der Waals surface area contributed by atoms with E-state index >= 15 is 0 Å². The number of aromatic amines is 1. The number of aliphatic imine (C=N–C) groups is 1. The summed E-state index contributed by atoms with van der Waals surface area (Å²) in [6.07, 6.45) is 4.73. The Bertz CT molecular complexity index is 841. The Kier molecular flexibility index (Phi) is 13.4. The van der Waals surface area contributed by atoms with Crippen LogP contribution in [0.2, 0.25) is 0 Å². The minimum Gasteiger partial charge on any atom is -0.480 e. The van der Waals surface area contributed by atoms with Gasteiger partial charge in [0.25, 0.3) is 0 Å². The van der Waals surface area contributed by atoms with Crippen molar-refractivity contribution >= 4 is 29.7 Å². The summed E-state index contributed by atoms with van der Waals surface area (Å²) in [5, 5.41) is 17.1. The van der Waals surface area contributed by atoms with E-state index in [4.69, 9.17) is 22.9 Å². The third-order valence-corrected chi connectivity index (χ3v) is 4.96. The Morgan fingerprint density at radius 2 is 1.63 bits per heavy atom. The number of H-pyrrole nitrogens is 1. The summed E-state index contributed by atoms with van der Waals surface area (Å²) >= 11 is 0. The summed E-state index contributed by atoms with van der Waals surface area (Å²) in [5.41, 5.74) is 22.0. The summed E-state index contributed by atoms with van der Waals surface area (Å²) in [7, 11) is 0. The number of hydrogen-bond donors (Lipinski definition) is 9. The summed E-state index contributed by atoms with van der Waals surface area (Å²) in [4.78, 5) is 59.9. The number of nitrogens with two attached hydrogens (primary N) is 4. The molecule has 1 aromatic heterocycles. The molecule has 0 spiro atoms. The van der Waals surface area contributed by atoms with E-state index in [1.54, 1.807) is 0 Å². The van der Waals surface area contributed by atoms with Crippen molar-refractivity contribution < 1.29 is 24.3 Å². The van der Waals surface area contributed by atoms with Gasteiger partial charge in [-0.3, -0.25) is 19.4 Å². The maximum absolute atomic E-state index is 13.0. The maximum Gasteiger partial charge on any atom is 0.326 e. The van der Waals surface area contributed by atoms with E-state index in [0.29, 0.717) is 31.5 Å². The second kappa shape index (κ2) is 16.0. The molecule has 13 N–H and O–H groups in total. The largest absolute Gasteiger partial charge is 0.480 e. The minimum absolute atomic E-state index is 0.0797. The van der Waals surface area contributed by atoms with Crippen LogP contribution in [0.4, 0.5) is 0 Å². The molecule has 3 atom stereocenters. The molecular formula is C20H36N10O5. The van der Waals surface area contributed by atoms with Crippen molar-refractivity contribution in [2.24, 2.45) is 27.9 Å². The van der Waals surface area contributed by atoms with Crippen LogP contribution in [0.3, 0.4) is 0 Å². The molecule has 0 saturated carbocycles. The van der Waals surface area contributed by atoms with Gasteiger partial charge in [-0.25, -0.2) is 9.78 Å². The molecule has 0 fully saturated rings. The zero-order chi connectivity index (χ0) is 26.2. The maximum atomic E-state index is 13.0. The molecule has 15 nitrogen and oxygen atoms in total. The molecule has 0 radical (unpaired) electrons. The molecule has 1 aromatic rings. The van der Waals surface area contributed by atoms with E-state index in [-0.39, 0.29) is 38.3 Å². The highest BCUT2D eigenvalue weighted by molar-refractivity contribution is 5.93. The molecule has 0 bridgehead atoms. The number of aromatic nitrogens is 2. The number of aliphatic carboxylic acids is 1. The number of carboxylic acids is 1. The number of carbonyl (C=O) groups is 4. The standard InChI is InChI=1S/C20H36N10O5/c21-6-2-1-4-13(17(32)30-14(19(34)35)5-3-7-26-20(23)24)29-18(33)15(28-16(31)9-22)8-12-10-25-11-27-12/h10-11,13-15H,1-9,21-22H2,(H,25,27)(H,28,31)(H,29,33)(H,30,32)(H,34,35)(H4,23,24,26). The van der Waals surface area contributed by atoms with Gasteiger partial charge < -0.3 is 49.0 Å². The molecule has 3 amide bonds. The van der Waals surface area contributed by atoms with Gasteiger partial charge in [-0.2, -0.15) is 0 Å². The number of nitrogens with zero attached hydrogens (tertiary/aromatic N) is 2. The quantitative estimate of drug-likeness (QED) is 0.0586. The number of carbonyl (C=O) groups excluding carboxylic acids is 3. The summed E-state index contributed by atoms with van der Waals surface area (Å²) in [6, 6.07) is -3.29. The number of hydrogen-bond acceptors (Lipinski definition) is 8. The van der Waals surface area contributed by atoms with E-state index < -0.39 is 41.8 Å². The number of rotatable bonds is 17. The zero-order valence-electron chi connectivity index (χ0n) is 19.5. The molecule has 3 unspecified atom stereocenters. The van der Waals surface area contributed by atoms with Gasteiger partial charge in [0, 0.05) is 24.9 Å². The fourth-order valence-electron chi connectivity index (χ4n) is 3.15. The summed E-state index contributed by atoms with van der Waals surface area (Å²) < 4.78 is 0. The average molecular weight is 497 g/mol. The number of imidazole rings is 1. The Hall–Kier alpha value is -3.72. The van der Waals surface area contributed by atoms with Crippen molar-refractivity contribution in [2.75, 3.05) is 19.6 Å². The van der Waals surface area contributed by atoms with Crippen LogP contribution in [0, 0.1) is 0 Å². The lowest BCUT2D eigenvalue weighted by molar-refractivity contribution is -0.142. The molecule has 1 heterocycles. The first kappa shape index (κ1) is 29.3. The SMILES string of the molecule is NCCCCC(NC(=O)C(Cc1cnc[nH]1)NC(=O)CN)C(=O)NC(CCCN=C(N)N)C(=O)O. The predicted molar refractivity (Wildman–Crippen MR) is 128 cm³/mol. The van der Waals surface area contributed by atoms with Crippen molar-refractivity contribution in [1.29, 1.82) is 0 Å². The van der Waals surface area contributed by atoms with E-state index in [2.05, 4.69) is 30.9 Å². The molecule has 15 heteroatoms. The van der Waals surface area contributed by atoms with Crippen molar-refractivity contribution in [2.45, 2.75) is 56.7 Å². The number of guanidine groups is 1. The molecule has 0 aliphatic heterocycles. The lowest BCUT2D eigenvalue weighted by Gasteiger charge is -2.24. The first-order valence-electron chi connectivity index (χ1n) is 11.2. The topological polar surface area (TPSA) is 270 Å². The van der Waals surface area contributed by atoms with Gasteiger partial charge in [0.15, 0.2) is 5.96 Å². The van der Waals surface area contributed by atoms with Gasteiger partial charge in [0.2, 0.25) is 17.7 Å². The van der Waals surface area contributed by atoms with Crippen LogP contribution in [0.25, 0.3) is 0 Å². The molecule has 196 valence electrons. The van der Waals surface area contributed by atoms with Crippen LogP contribution in [0.1, 0.15) is 37.8 Å². The monoisotopic (exact) mass is 496 g/mol. The van der Waals surface area contributed by atoms with Gasteiger partial charge in [-0.1, -0.05) is 0 Å². The number of carboxylic acid groups (broad SMARTS) is 1. The Morgan fingerprint density at radius 1 is 0.971 bits per heavy atom. The van der Waals surface area contributed by atoms with E-state index in [1.807, 2.05) is 0 Å². The highest BCUT2D eigenvalue weighted by Gasteiger charge is 2.29. The average Bonchev–Trinajstić information content (AvgIpc) is 3.32. The van der Waals surface area contributed by atoms with Crippen LogP contribution < -0.4 is 38.9 Å². The first-order chi connectivity index (χ1) is 16.7. The normalized spacial score (nSPS) is 13.2. The lowest BCUT2D eigenvalue weighted by atomic mass is 10.0. The van der Waals surface area contributed by atoms with Crippen molar-refractivity contribution in [3.63, 3.8) is 0 Å².